The Kier molecular flexibility index (Phi) is 3.13. The molecule has 0 radical (unpaired) electrons. The zero-order chi connectivity index (χ0) is 8.27. The molecule has 0 bridgehead atoms. The summed E-state index contributed by atoms with van der Waals surface area (Å²) in [6.07, 6.45) is 6.38. The summed E-state index contributed by atoms with van der Waals surface area (Å²) in [5.41, 5.74) is 1.46. The van der Waals surface area contributed by atoms with E-state index >= 15 is 0 Å². The molecule has 0 aromatic rings. The topological polar surface area (TPSA) is 20.2 Å². The van der Waals surface area contributed by atoms with Gasteiger partial charge in [0.05, 0.1) is 6.10 Å². The molecule has 1 atom stereocenters. The number of aliphatic hydroxyl groups is 1. The van der Waals surface area contributed by atoms with Crippen molar-refractivity contribution in [3.05, 3.63) is 11.6 Å². The third-order valence-electron chi connectivity index (χ3n) is 2.10. The van der Waals surface area contributed by atoms with E-state index in [4.69, 9.17) is 0 Å². The molecule has 1 aliphatic carbocycles. The highest BCUT2D eigenvalue weighted by Gasteiger charge is 2.10. The predicted molar refractivity (Wildman–Crippen MR) is 47.4 cm³/mol. The molecule has 1 heteroatoms. The van der Waals surface area contributed by atoms with E-state index < -0.39 is 0 Å². The smallest absolute Gasteiger partial charge is 0.0723 e. The Morgan fingerprint density at radius 2 is 2.36 bits per heavy atom. The average molecular weight is 154 g/mol. The van der Waals surface area contributed by atoms with Crippen LogP contribution in [-0.4, -0.2) is 11.2 Å². The van der Waals surface area contributed by atoms with Gasteiger partial charge in [0, 0.05) is 0 Å². The quantitative estimate of drug-likeness (QED) is 0.606. The summed E-state index contributed by atoms with van der Waals surface area (Å²) in [6.45, 7) is 4.45. The van der Waals surface area contributed by atoms with Gasteiger partial charge in [-0.3, -0.25) is 0 Å². The van der Waals surface area contributed by atoms with Crippen molar-refractivity contribution in [1.29, 1.82) is 0 Å². The number of allylic oxidation sites excluding steroid dienone is 1. The van der Waals surface area contributed by atoms with Crippen LogP contribution in [0.15, 0.2) is 11.6 Å². The fraction of sp³-hybridized carbons (Fsp3) is 0.800. The van der Waals surface area contributed by atoms with Crippen LogP contribution in [0, 0.1) is 5.92 Å². The monoisotopic (exact) mass is 154 g/mol. The molecule has 1 aliphatic rings. The number of aliphatic hydroxyl groups excluding tert-OH is 1. The molecule has 0 saturated heterocycles. The van der Waals surface area contributed by atoms with Gasteiger partial charge in [-0.05, 0) is 31.6 Å². The lowest BCUT2D eigenvalue weighted by Gasteiger charge is -2.18. The zero-order valence-electron chi connectivity index (χ0n) is 7.51. The molecule has 1 N–H and O–H groups in total. The lowest BCUT2D eigenvalue weighted by Crippen LogP contribution is -2.09. The molecule has 11 heavy (non-hydrogen) atoms. The molecule has 0 fully saturated rings. The van der Waals surface area contributed by atoms with E-state index in [1.807, 2.05) is 6.08 Å². The Hall–Kier alpha value is -0.300. The van der Waals surface area contributed by atoms with Crippen LogP contribution in [0.4, 0.5) is 0 Å². The summed E-state index contributed by atoms with van der Waals surface area (Å²) < 4.78 is 0. The first kappa shape index (κ1) is 8.79. The van der Waals surface area contributed by atoms with E-state index in [0.717, 1.165) is 18.8 Å². The van der Waals surface area contributed by atoms with E-state index in [1.54, 1.807) is 0 Å². The van der Waals surface area contributed by atoms with Gasteiger partial charge in [-0.1, -0.05) is 25.5 Å². The van der Waals surface area contributed by atoms with Gasteiger partial charge in [-0.15, -0.1) is 0 Å². The van der Waals surface area contributed by atoms with Crippen molar-refractivity contribution in [2.45, 2.75) is 45.6 Å². The summed E-state index contributed by atoms with van der Waals surface area (Å²) in [5.74, 6) is 0.728. The maximum atomic E-state index is 9.32. The van der Waals surface area contributed by atoms with Crippen molar-refractivity contribution < 1.29 is 5.11 Å². The second-order valence-corrected chi connectivity index (χ2v) is 3.88. The molecule has 1 nitrogen and oxygen atoms in total. The third-order valence-corrected chi connectivity index (χ3v) is 2.10. The van der Waals surface area contributed by atoms with Gasteiger partial charge >= 0.3 is 0 Å². The van der Waals surface area contributed by atoms with Gasteiger partial charge in [-0.25, -0.2) is 0 Å². The molecule has 0 amide bonds. The Morgan fingerprint density at radius 3 is 2.91 bits per heavy atom. The van der Waals surface area contributed by atoms with Crippen molar-refractivity contribution in [2.24, 2.45) is 5.92 Å². The molecular weight excluding hydrogens is 136 g/mol. The van der Waals surface area contributed by atoms with Crippen molar-refractivity contribution in [3.8, 4) is 0 Å². The van der Waals surface area contributed by atoms with Crippen LogP contribution in [0.2, 0.25) is 0 Å². The third kappa shape index (κ3) is 3.06. The van der Waals surface area contributed by atoms with Crippen LogP contribution in [-0.2, 0) is 0 Å². The lowest BCUT2D eigenvalue weighted by atomic mass is 9.91. The van der Waals surface area contributed by atoms with E-state index in [2.05, 4.69) is 13.8 Å². The molecule has 1 rings (SSSR count). The Morgan fingerprint density at radius 1 is 1.64 bits per heavy atom. The van der Waals surface area contributed by atoms with E-state index in [-0.39, 0.29) is 6.10 Å². The van der Waals surface area contributed by atoms with Gasteiger partial charge < -0.3 is 5.11 Å². The highest BCUT2D eigenvalue weighted by molar-refractivity contribution is 5.08. The summed E-state index contributed by atoms with van der Waals surface area (Å²) >= 11 is 0. The SMILES string of the molecule is CC(C)CC1=CC(O)CCC1. The fourth-order valence-corrected chi connectivity index (χ4v) is 1.67. The largest absolute Gasteiger partial charge is 0.389 e. The molecule has 64 valence electrons. The number of rotatable bonds is 2. The fourth-order valence-electron chi connectivity index (χ4n) is 1.67. The molecule has 0 heterocycles. The predicted octanol–water partition coefficient (Wildman–Crippen LogP) is 2.50. The van der Waals surface area contributed by atoms with E-state index in [0.29, 0.717) is 0 Å². The Balaban J connectivity index is 2.43. The molecule has 0 saturated carbocycles. The molecule has 0 spiro atoms. The molecule has 1 unspecified atom stereocenters. The first-order chi connectivity index (χ1) is 5.18. The first-order valence-electron chi connectivity index (χ1n) is 4.56. The Labute approximate surface area is 69.1 Å². The van der Waals surface area contributed by atoms with Crippen LogP contribution >= 0.6 is 0 Å². The number of hydrogen-bond acceptors (Lipinski definition) is 1. The van der Waals surface area contributed by atoms with Crippen LogP contribution < -0.4 is 0 Å². The average Bonchev–Trinajstić information content (AvgIpc) is 1.85. The van der Waals surface area contributed by atoms with Crippen molar-refractivity contribution in [3.63, 3.8) is 0 Å². The summed E-state index contributed by atoms with van der Waals surface area (Å²) in [5, 5.41) is 9.32. The van der Waals surface area contributed by atoms with Crippen LogP contribution in [0.1, 0.15) is 39.5 Å². The second kappa shape index (κ2) is 3.91. The lowest BCUT2D eigenvalue weighted by molar-refractivity contribution is 0.201. The van der Waals surface area contributed by atoms with Crippen molar-refractivity contribution >= 4 is 0 Å². The van der Waals surface area contributed by atoms with Gasteiger partial charge in [0.25, 0.3) is 0 Å². The second-order valence-electron chi connectivity index (χ2n) is 3.88. The van der Waals surface area contributed by atoms with Crippen molar-refractivity contribution in [2.75, 3.05) is 0 Å². The number of hydrogen-bond donors (Lipinski definition) is 1. The molecule has 0 aromatic carbocycles. The molecule has 0 aliphatic heterocycles. The van der Waals surface area contributed by atoms with Gasteiger partial charge in [0.15, 0.2) is 0 Å². The first-order valence-corrected chi connectivity index (χ1v) is 4.56. The minimum Gasteiger partial charge on any atom is -0.389 e. The van der Waals surface area contributed by atoms with Crippen LogP contribution in [0.3, 0.4) is 0 Å². The summed E-state index contributed by atoms with van der Waals surface area (Å²) in [4.78, 5) is 0. The van der Waals surface area contributed by atoms with Crippen molar-refractivity contribution in [1.82, 2.24) is 0 Å². The maximum Gasteiger partial charge on any atom is 0.0723 e. The zero-order valence-corrected chi connectivity index (χ0v) is 7.51. The standard InChI is InChI=1S/C10H18O/c1-8(2)6-9-4-3-5-10(11)7-9/h7-8,10-11H,3-6H2,1-2H3. The Bertz CT molecular complexity index is 147. The summed E-state index contributed by atoms with van der Waals surface area (Å²) in [6, 6.07) is 0. The maximum absolute atomic E-state index is 9.32. The minimum absolute atomic E-state index is 0.155. The van der Waals surface area contributed by atoms with Gasteiger partial charge in [-0.2, -0.15) is 0 Å². The minimum atomic E-state index is -0.155. The van der Waals surface area contributed by atoms with Crippen LogP contribution in [0.5, 0.6) is 0 Å². The van der Waals surface area contributed by atoms with Gasteiger partial charge in [0.1, 0.15) is 0 Å². The molecular formula is C10H18O. The van der Waals surface area contributed by atoms with E-state index in [9.17, 15) is 5.11 Å². The van der Waals surface area contributed by atoms with Crippen LogP contribution in [0.25, 0.3) is 0 Å². The highest BCUT2D eigenvalue weighted by atomic mass is 16.3. The van der Waals surface area contributed by atoms with Gasteiger partial charge in [0.2, 0.25) is 0 Å². The highest BCUT2D eigenvalue weighted by Crippen LogP contribution is 2.23. The normalized spacial score (nSPS) is 25.5. The van der Waals surface area contributed by atoms with E-state index in [1.165, 1.54) is 18.4 Å². The summed E-state index contributed by atoms with van der Waals surface area (Å²) in [7, 11) is 0. The molecule has 0 aromatic heterocycles.